The molecule has 0 bridgehead atoms. The van der Waals surface area contributed by atoms with Crippen LogP contribution in [0, 0.1) is 6.92 Å². The van der Waals surface area contributed by atoms with Crippen LogP contribution in [0.5, 0.6) is 11.5 Å². The lowest BCUT2D eigenvalue weighted by Gasteiger charge is -2.16. The molecule has 2 aromatic carbocycles. The number of aryl methyl sites for hydroxylation is 1. The van der Waals surface area contributed by atoms with Crippen LogP contribution in [-0.4, -0.2) is 17.3 Å². The largest absolute Gasteiger partial charge is 0.504 e. The van der Waals surface area contributed by atoms with Gasteiger partial charge in [0.05, 0.1) is 13.2 Å². The first kappa shape index (κ1) is 14.8. The SMILES string of the molecule is COc1cccc(Pc2c(C)cccc2C(C)O)c1O. The number of rotatable bonds is 4. The third-order valence-corrected chi connectivity index (χ3v) is 4.84. The summed E-state index contributed by atoms with van der Waals surface area (Å²) in [5, 5.41) is 22.0. The fourth-order valence-corrected chi connectivity index (χ4v) is 3.54. The van der Waals surface area contributed by atoms with Crippen LogP contribution in [0.4, 0.5) is 0 Å². The van der Waals surface area contributed by atoms with Gasteiger partial charge < -0.3 is 14.9 Å². The van der Waals surface area contributed by atoms with E-state index in [0.29, 0.717) is 5.75 Å². The van der Waals surface area contributed by atoms with E-state index in [-0.39, 0.29) is 14.3 Å². The Balaban J connectivity index is 2.45. The van der Waals surface area contributed by atoms with Crippen LogP contribution in [0.1, 0.15) is 24.2 Å². The lowest BCUT2D eigenvalue weighted by Crippen LogP contribution is -2.14. The van der Waals surface area contributed by atoms with Crippen LogP contribution in [-0.2, 0) is 0 Å². The van der Waals surface area contributed by atoms with E-state index < -0.39 is 6.10 Å². The lowest BCUT2D eigenvalue weighted by molar-refractivity contribution is 0.200. The minimum Gasteiger partial charge on any atom is -0.504 e. The maximum atomic E-state index is 10.2. The summed E-state index contributed by atoms with van der Waals surface area (Å²) in [5.74, 6) is 0.648. The van der Waals surface area contributed by atoms with Crippen molar-refractivity contribution in [3.8, 4) is 11.5 Å². The molecule has 4 heteroatoms. The summed E-state index contributed by atoms with van der Waals surface area (Å²) >= 11 is 0. The second-order valence-corrected chi connectivity index (χ2v) is 5.99. The van der Waals surface area contributed by atoms with Crippen molar-refractivity contribution < 1.29 is 14.9 Å². The van der Waals surface area contributed by atoms with E-state index in [2.05, 4.69) is 0 Å². The average molecular weight is 290 g/mol. The molecule has 2 unspecified atom stereocenters. The molecular formula is C16H19O3P. The molecule has 0 heterocycles. The van der Waals surface area contributed by atoms with E-state index >= 15 is 0 Å². The Kier molecular flexibility index (Phi) is 4.64. The molecule has 20 heavy (non-hydrogen) atoms. The Bertz CT molecular complexity index is 609. The Morgan fingerprint density at radius 3 is 2.50 bits per heavy atom. The molecule has 0 amide bonds. The summed E-state index contributed by atoms with van der Waals surface area (Å²) in [5.41, 5.74) is 2.02. The first-order valence-electron chi connectivity index (χ1n) is 6.45. The lowest BCUT2D eigenvalue weighted by atomic mass is 10.1. The topological polar surface area (TPSA) is 49.7 Å². The van der Waals surface area contributed by atoms with Crippen molar-refractivity contribution in [3.05, 3.63) is 47.5 Å². The fraction of sp³-hybridized carbons (Fsp3) is 0.250. The predicted molar refractivity (Wildman–Crippen MR) is 84.1 cm³/mol. The Labute approximate surface area is 121 Å². The molecule has 0 aromatic heterocycles. The maximum absolute atomic E-state index is 10.2. The summed E-state index contributed by atoms with van der Waals surface area (Å²) in [7, 11) is 1.81. The number of aliphatic hydroxyl groups excluding tert-OH is 1. The van der Waals surface area contributed by atoms with Crippen LogP contribution in [0.15, 0.2) is 36.4 Å². The molecule has 3 nitrogen and oxygen atoms in total. The second-order valence-electron chi connectivity index (χ2n) is 4.70. The smallest absolute Gasteiger partial charge is 0.165 e. The van der Waals surface area contributed by atoms with Gasteiger partial charge in [0.15, 0.2) is 11.5 Å². The molecule has 106 valence electrons. The van der Waals surface area contributed by atoms with Crippen molar-refractivity contribution in [1.29, 1.82) is 0 Å². The second kappa shape index (κ2) is 6.25. The van der Waals surface area contributed by atoms with Crippen molar-refractivity contribution in [3.63, 3.8) is 0 Å². The highest BCUT2D eigenvalue weighted by atomic mass is 31.1. The quantitative estimate of drug-likeness (QED) is 0.850. The number of hydrogen-bond donors (Lipinski definition) is 2. The van der Waals surface area contributed by atoms with Crippen molar-refractivity contribution in [1.82, 2.24) is 0 Å². The van der Waals surface area contributed by atoms with Gasteiger partial charge in [0.25, 0.3) is 0 Å². The summed E-state index contributed by atoms with van der Waals surface area (Å²) < 4.78 is 5.14. The molecule has 0 radical (unpaired) electrons. The Hall–Kier alpha value is -1.57. The minimum absolute atomic E-state index is 0.174. The van der Waals surface area contributed by atoms with Crippen molar-refractivity contribution in [2.75, 3.05) is 7.11 Å². The molecule has 0 aliphatic rings. The highest BCUT2D eigenvalue weighted by molar-refractivity contribution is 7.56. The van der Waals surface area contributed by atoms with E-state index in [1.54, 1.807) is 13.0 Å². The molecule has 0 saturated carbocycles. The highest BCUT2D eigenvalue weighted by Gasteiger charge is 2.14. The van der Waals surface area contributed by atoms with Gasteiger partial charge in [-0.3, -0.25) is 0 Å². The number of para-hydroxylation sites is 1. The van der Waals surface area contributed by atoms with E-state index in [0.717, 1.165) is 21.7 Å². The van der Waals surface area contributed by atoms with E-state index in [1.807, 2.05) is 37.3 Å². The molecule has 0 spiro atoms. The van der Waals surface area contributed by atoms with Crippen molar-refractivity contribution in [2.45, 2.75) is 20.0 Å². The first-order chi connectivity index (χ1) is 9.54. The highest BCUT2D eigenvalue weighted by Crippen LogP contribution is 2.30. The van der Waals surface area contributed by atoms with E-state index in [1.165, 1.54) is 7.11 Å². The third-order valence-electron chi connectivity index (χ3n) is 3.23. The van der Waals surface area contributed by atoms with Gasteiger partial charge in [-0.05, 0) is 36.3 Å². The number of phenolic OH excluding ortho intramolecular Hbond substituents is 1. The van der Waals surface area contributed by atoms with Crippen LogP contribution in [0.3, 0.4) is 0 Å². The van der Waals surface area contributed by atoms with Gasteiger partial charge in [0.2, 0.25) is 0 Å². The summed E-state index contributed by atoms with van der Waals surface area (Å²) in [6, 6.07) is 11.4. The van der Waals surface area contributed by atoms with Gasteiger partial charge >= 0.3 is 0 Å². The van der Waals surface area contributed by atoms with Gasteiger partial charge in [-0.2, -0.15) is 0 Å². The molecule has 0 saturated heterocycles. The zero-order chi connectivity index (χ0) is 14.7. The zero-order valence-corrected chi connectivity index (χ0v) is 12.8. The number of ether oxygens (including phenoxy) is 1. The van der Waals surface area contributed by atoms with Crippen molar-refractivity contribution >= 4 is 19.2 Å². The molecule has 0 aliphatic heterocycles. The Morgan fingerprint density at radius 2 is 1.85 bits per heavy atom. The summed E-state index contributed by atoms with van der Waals surface area (Å²) in [6.45, 7) is 3.78. The average Bonchev–Trinajstić information content (AvgIpc) is 2.42. The fourth-order valence-electron chi connectivity index (χ4n) is 2.13. The standard InChI is InChI=1S/C16H19O3P/c1-10-6-4-7-12(11(2)17)16(10)20-14-9-5-8-13(19-3)15(14)18/h4-9,11,17-18,20H,1-3H3. The molecule has 0 fully saturated rings. The van der Waals surface area contributed by atoms with E-state index in [9.17, 15) is 10.2 Å². The number of aromatic hydroxyl groups is 1. The molecule has 2 aromatic rings. The van der Waals surface area contributed by atoms with Gasteiger partial charge in [0, 0.05) is 5.30 Å². The minimum atomic E-state index is -0.523. The normalized spacial score (nSPS) is 12.8. The molecule has 2 rings (SSSR count). The predicted octanol–water partition coefficient (Wildman–Crippen LogP) is 2.39. The summed E-state index contributed by atoms with van der Waals surface area (Å²) in [4.78, 5) is 0. The van der Waals surface area contributed by atoms with Crippen molar-refractivity contribution in [2.24, 2.45) is 0 Å². The number of benzene rings is 2. The van der Waals surface area contributed by atoms with Gasteiger partial charge in [-0.15, -0.1) is 0 Å². The van der Waals surface area contributed by atoms with Gasteiger partial charge in [-0.25, -0.2) is 0 Å². The first-order valence-corrected chi connectivity index (χ1v) is 7.45. The van der Waals surface area contributed by atoms with Crippen LogP contribution in [0.2, 0.25) is 0 Å². The number of phenols is 1. The number of methoxy groups -OCH3 is 1. The number of hydrogen-bond acceptors (Lipinski definition) is 3. The van der Waals surface area contributed by atoms with Crippen LogP contribution >= 0.6 is 8.58 Å². The molecule has 0 aliphatic carbocycles. The molecule has 2 N–H and O–H groups in total. The summed E-state index contributed by atoms with van der Waals surface area (Å²) in [6.07, 6.45) is -0.523. The van der Waals surface area contributed by atoms with Gasteiger partial charge in [-0.1, -0.05) is 38.9 Å². The van der Waals surface area contributed by atoms with Crippen LogP contribution in [0.25, 0.3) is 0 Å². The van der Waals surface area contributed by atoms with Gasteiger partial charge in [0.1, 0.15) is 0 Å². The molecular weight excluding hydrogens is 271 g/mol. The monoisotopic (exact) mass is 290 g/mol. The van der Waals surface area contributed by atoms with E-state index in [4.69, 9.17) is 4.74 Å². The number of aliphatic hydroxyl groups is 1. The molecule has 2 atom stereocenters. The maximum Gasteiger partial charge on any atom is 0.165 e. The zero-order valence-electron chi connectivity index (χ0n) is 11.8. The third kappa shape index (κ3) is 2.95. The Morgan fingerprint density at radius 1 is 1.15 bits per heavy atom. The van der Waals surface area contributed by atoms with Crippen LogP contribution < -0.4 is 15.3 Å².